The summed E-state index contributed by atoms with van der Waals surface area (Å²) in [6.45, 7) is 4.03. The molecule has 0 bridgehead atoms. The van der Waals surface area contributed by atoms with E-state index in [1.54, 1.807) is 23.1 Å². The monoisotopic (exact) mass is 229 g/mol. The fourth-order valence-corrected chi connectivity index (χ4v) is 1.25. The van der Waals surface area contributed by atoms with Gasteiger partial charge in [0, 0.05) is 6.04 Å². The summed E-state index contributed by atoms with van der Waals surface area (Å²) < 4.78 is 7.21. The van der Waals surface area contributed by atoms with Crippen molar-refractivity contribution in [1.29, 1.82) is 5.26 Å². The lowest BCUT2D eigenvalue weighted by molar-refractivity contribution is 0.450. The SMILES string of the molecule is CC(C)n1cc(Oc2nnccc2C#N)cn1. The predicted molar refractivity (Wildman–Crippen MR) is 59.4 cm³/mol. The second-order valence-corrected chi connectivity index (χ2v) is 3.71. The first kappa shape index (κ1) is 11.1. The first-order valence-corrected chi connectivity index (χ1v) is 5.14. The minimum absolute atomic E-state index is 0.193. The minimum atomic E-state index is 0.193. The largest absolute Gasteiger partial charge is 0.433 e. The lowest BCUT2D eigenvalue weighted by atomic mass is 10.3. The fraction of sp³-hybridized carbons (Fsp3) is 0.273. The van der Waals surface area contributed by atoms with Crippen molar-refractivity contribution < 1.29 is 4.74 Å². The molecule has 6 heteroatoms. The summed E-state index contributed by atoms with van der Waals surface area (Å²) >= 11 is 0. The van der Waals surface area contributed by atoms with Crippen molar-refractivity contribution in [2.45, 2.75) is 19.9 Å². The molecule has 0 aromatic carbocycles. The first-order chi connectivity index (χ1) is 8.20. The molecule has 0 aliphatic carbocycles. The van der Waals surface area contributed by atoms with E-state index in [4.69, 9.17) is 10.00 Å². The Labute approximate surface area is 98.5 Å². The van der Waals surface area contributed by atoms with Gasteiger partial charge in [0.2, 0.25) is 0 Å². The van der Waals surface area contributed by atoms with Gasteiger partial charge in [-0.1, -0.05) is 0 Å². The molecule has 0 aliphatic heterocycles. The Hall–Kier alpha value is -2.42. The highest BCUT2D eigenvalue weighted by atomic mass is 16.5. The van der Waals surface area contributed by atoms with E-state index in [0.29, 0.717) is 11.3 Å². The zero-order chi connectivity index (χ0) is 12.3. The number of ether oxygens (including phenoxy) is 1. The van der Waals surface area contributed by atoms with E-state index in [-0.39, 0.29) is 11.9 Å². The molecule has 2 aromatic heterocycles. The highest BCUT2D eigenvalue weighted by molar-refractivity contribution is 5.38. The van der Waals surface area contributed by atoms with Gasteiger partial charge < -0.3 is 4.74 Å². The van der Waals surface area contributed by atoms with Crippen LogP contribution in [-0.4, -0.2) is 20.0 Å². The van der Waals surface area contributed by atoms with Crippen LogP contribution in [-0.2, 0) is 0 Å². The van der Waals surface area contributed by atoms with Crippen LogP contribution in [0.5, 0.6) is 11.6 Å². The smallest absolute Gasteiger partial charge is 0.257 e. The second kappa shape index (κ2) is 4.61. The second-order valence-electron chi connectivity index (χ2n) is 3.71. The highest BCUT2D eigenvalue weighted by Gasteiger charge is 2.08. The van der Waals surface area contributed by atoms with Crippen LogP contribution in [0.25, 0.3) is 0 Å². The van der Waals surface area contributed by atoms with Gasteiger partial charge in [-0.25, -0.2) is 0 Å². The highest BCUT2D eigenvalue weighted by Crippen LogP contribution is 2.21. The lowest BCUT2D eigenvalue weighted by Gasteiger charge is -2.03. The molecule has 0 saturated carbocycles. The summed E-state index contributed by atoms with van der Waals surface area (Å²) in [5, 5.41) is 20.4. The van der Waals surface area contributed by atoms with Crippen molar-refractivity contribution in [1.82, 2.24) is 20.0 Å². The molecule has 0 aliphatic rings. The molecular weight excluding hydrogens is 218 g/mol. The normalized spacial score (nSPS) is 10.2. The Bertz CT molecular complexity index is 555. The third-order valence-corrected chi connectivity index (χ3v) is 2.13. The van der Waals surface area contributed by atoms with Gasteiger partial charge in [-0.3, -0.25) is 4.68 Å². The maximum absolute atomic E-state index is 8.87. The molecule has 6 nitrogen and oxygen atoms in total. The molecule has 0 atom stereocenters. The zero-order valence-electron chi connectivity index (χ0n) is 9.53. The minimum Gasteiger partial charge on any atom is -0.433 e. The van der Waals surface area contributed by atoms with Crippen molar-refractivity contribution in [2.75, 3.05) is 0 Å². The van der Waals surface area contributed by atoms with Crippen LogP contribution in [0.3, 0.4) is 0 Å². The van der Waals surface area contributed by atoms with E-state index < -0.39 is 0 Å². The number of nitriles is 1. The molecule has 0 radical (unpaired) electrons. The molecule has 0 N–H and O–H groups in total. The van der Waals surface area contributed by atoms with Crippen LogP contribution in [0.2, 0.25) is 0 Å². The topological polar surface area (TPSA) is 76.6 Å². The van der Waals surface area contributed by atoms with E-state index in [1.165, 1.54) is 6.20 Å². The van der Waals surface area contributed by atoms with Crippen LogP contribution in [0.1, 0.15) is 25.5 Å². The molecule has 0 spiro atoms. The molecule has 0 fully saturated rings. The third-order valence-electron chi connectivity index (χ3n) is 2.13. The summed E-state index contributed by atoms with van der Waals surface area (Å²) in [5.41, 5.74) is 0.345. The molecule has 0 saturated heterocycles. The van der Waals surface area contributed by atoms with Gasteiger partial charge >= 0.3 is 0 Å². The standard InChI is InChI=1S/C11H11N5O/c1-8(2)16-7-10(6-14-16)17-11-9(5-12)3-4-13-15-11/h3-4,6-8H,1-2H3. The molecule has 86 valence electrons. The fourth-order valence-electron chi connectivity index (χ4n) is 1.25. The van der Waals surface area contributed by atoms with Gasteiger partial charge in [0.25, 0.3) is 5.88 Å². The molecular formula is C11H11N5O. The van der Waals surface area contributed by atoms with Gasteiger partial charge in [0.15, 0.2) is 5.75 Å². The maximum Gasteiger partial charge on any atom is 0.257 e. The third kappa shape index (κ3) is 2.39. The van der Waals surface area contributed by atoms with Crippen molar-refractivity contribution in [3.8, 4) is 17.7 Å². The van der Waals surface area contributed by atoms with Crippen molar-refractivity contribution in [2.24, 2.45) is 0 Å². The van der Waals surface area contributed by atoms with Crippen LogP contribution in [0.15, 0.2) is 24.7 Å². The molecule has 2 rings (SSSR count). The van der Waals surface area contributed by atoms with Crippen molar-refractivity contribution in [3.05, 3.63) is 30.2 Å². The molecule has 2 heterocycles. The predicted octanol–water partition coefficient (Wildman–Crippen LogP) is 1.92. The number of nitrogens with zero attached hydrogens (tertiary/aromatic N) is 5. The lowest BCUT2D eigenvalue weighted by Crippen LogP contribution is -1.99. The van der Waals surface area contributed by atoms with Gasteiger partial charge in [-0.15, -0.1) is 5.10 Å². The summed E-state index contributed by atoms with van der Waals surface area (Å²) in [6.07, 6.45) is 4.78. The number of rotatable bonds is 3. The quantitative estimate of drug-likeness (QED) is 0.803. The van der Waals surface area contributed by atoms with Crippen LogP contribution in [0, 0.1) is 11.3 Å². The molecule has 2 aromatic rings. The van der Waals surface area contributed by atoms with E-state index in [0.717, 1.165) is 0 Å². The van der Waals surface area contributed by atoms with Crippen LogP contribution in [0.4, 0.5) is 0 Å². The van der Waals surface area contributed by atoms with E-state index in [1.807, 2.05) is 19.9 Å². The Kier molecular flexibility index (Phi) is 3.01. The van der Waals surface area contributed by atoms with E-state index in [9.17, 15) is 0 Å². The van der Waals surface area contributed by atoms with E-state index >= 15 is 0 Å². The number of hydrogen-bond acceptors (Lipinski definition) is 5. The van der Waals surface area contributed by atoms with Gasteiger partial charge in [-0.05, 0) is 19.9 Å². The van der Waals surface area contributed by atoms with Gasteiger partial charge in [0.1, 0.15) is 11.6 Å². The summed E-state index contributed by atoms with van der Waals surface area (Å²) in [5.74, 6) is 0.731. The van der Waals surface area contributed by atoms with Gasteiger partial charge in [-0.2, -0.15) is 15.5 Å². The first-order valence-electron chi connectivity index (χ1n) is 5.14. The number of hydrogen-bond donors (Lipinski definition) is 0. The van der Waals surface area contributed by atoms with Crippen LogP contribution >= 0.6 is 0 Å². The zero-order valence-corrected chi connectivity index (χ0v) is 9.53. The molecule has 17 heavy (non-hydrogen) atoms. The Morgan fingerprint density at radius 1 is 1.47 bits per heavy atom. The number of aromatic nitrogens is 4. The average Bonchev–Trinajstić information content (AvgIpc) is 2.78. The molecule has 0 unspecified atom stereocenters. The summed E-state index contributed by atoms with van der Waals surface area (Å²) in [7, 11) is 0. The van der Waals surface area contributed by atoms with Crippen molar-refractivity contribution >= 4 is 0 Å². The Morgan fingerprint density at radius 3 is 2.94 bits per heavy atom. The van der Waals surface area contributed by atoms with Crippen LogP contribution < -0.4 is 4.74 Å². The molecule has 0 amide bonds. The Balaban J connectivity index is 2.23. The van der Waals surface area contributed by atoms with Gasteiger partial charge in [0.05, 0.1) is 18.6 Å². The maximum atomic E-state index is 8.87. The summed E-state index contributed by atoms with van der Waals surface area (Å²) in [4.78, 5) is 0. The van der Waals surface area contributed by atoms with E-state index in [2.05, 4.69) is 15.3 Å². The Morgan fingerprint density at radius 2 is 2.29 bits per heavy atom. The average molecular weight is 229 g/mol. The summed E-state index contributed by atoms with van der Waals surface area (Å²) in [6, 6.07) is 3.80. The van der Waals surface area contributed by atoms with Crippen molar-refractivity contribution in [3.63, 3.8) is 0 Å².